The third-order valence-corrected chi connectivity index (χ3v) is 4.41. The first-order chi connectivity index (χ1) is 7.58. The molecule has 0 saturated carbocycles. The van der Waals surface area contributed by atoms with Crippen LogP contribution in [-0.4, -0.2) is 10.8 Å². The minimum Gasteiger partial charge on any atom is -0.288 e. The third-order valence-electron chi connectivity index (χ3n) is 2.07. The Morgan fingerprint density at radius 2 is 2.12 bits per heavy atom. The first-order valence-corrected chi connectivity index (χ1v) is 6.90. The van der Waals surface area contributed by atoms with Crippen LogP contribution in [0.5, 0.6) is 0 Å². The van der Waals surface area contributed by atoms with E-state index < -0.39 is 0 Å². The molecule has 0 fully saturated rings. The lowest BCUT2D eigenvalue weighted by atomic mass is 10.1. The number of carbonyl (C=O) groups excluding carboxylic acids is 1. The number of pyridine rings is 1. The van der Waals surface area contributed by atoms with Crippen LogP contribution in [0.3, 0.4) is 0 Å². The van der Waals surface area contributed by atoms with Gasteiger partial charge in [-0.1, -0.05) is 0 Å². The second-order valence-electron chi connectivity index (χ2n) is 3.26. The Kier molecular flexibility index (Phi) is 3.56. The van der Waals surface area contributed by atoms with Gasteiger partial charge in [-0.3, -0.25) is 9.78 Å². The van der Waals surface area contributed by atoms with Gasteiger partial charge in [-0.05, 0) is 57.0 Å². The first-order valence-electron chi connectivity index (χ1n) is 4.50. The normalized spacial score (nSPS) is 10.4. The minimum absolute atomic E-state index is 0.0127. The molecule has 0 aliphatic rings. The van der Waals surface area contributed by atoms with E-state index in [1.807, 2.05) is 19.1 Å². The molecule has 0 aliphatic carbocycles. The molecule has 82 valence electrons. The molecule has 0 unspecified atom stereocenters. The number of rotatable bonds is 2. The van der Waals surface area contributed by atoms with Gasteiger partial charge in [-0.2, -0.15) is 0 Å². The number of thiophene rings is 1. The lowest BCUT2D eigenvalue weighted by molar-refractivity contribution is 0.103. The maximum Gasteiger partial charge on any atom is 0.196 e. The highest BCUT2D eigenvalue weighted by Crippen LogP contribution is 2.33. The zero-order valence-corrected chi connectivity index (χ0v) is 12.3. The molecule has 0 spiro atoms. The summed E-state index contributed by atoms with van der Waals surface area (Å²) in [5.41, 5.74) is 2.18. The van der Waals surface area contributed by atoms with Crippen molar-refractivity contribution in [3.05, 3.63) is 48.8 Å². The molecule has 0 radical (unpaired) electrons. The van der Waals surface area contributed by atoms with Crippen LogP contribution in [0.15, 0.2) is 32.0 Å². The third kappa shape index (κ3) is 2.42. The van der Waals surface area contributed by atoms with Crippen molar-refractivity contribution >= 4 is 49.0 Å². The Bertz CT molecular complexity index is 533. The number of nitrogens with zero attached hydrogens (tertiary/aromatic N) is 1. The van der Waals surface area contributed by atoms with Crippen LogP contribution in [0.2, 0.25) is 0 Å². The lowest BCUT2D eigenvalue weighted by Gasteiger charge is -1.99. The largest absolute Gasteiger partial charge is 0.288 e. The van der Waals surface area contributed by atoms with Gasteiger partial charge < -0.3 is 0 Å². The van der Waals surface area contributed by atoms with E-state index in [0.29, 0.717) is 11.1 Å². The maximum atomic E-state index is 12.1. The summed E-state index contributed by atoms with van der Waals surface area (Å²) in [6.07, 6.45) is 1.61. The number of hydrogen-bond donors (Lipinski definition) is 0. The molecular weight excluding hydrogens is 354 g/mol. The van der Waals surface area contributed by atoms with Gasteiger partial charge in [0.2, 0.25) is 0 Å². The van der Waals surface area contributed by atoms with E-state index >= 15 is 0 Å². The average Bonchev–Trinajstić information content (AvgIpc) is 2.58. The van der Waals surface area contributed by atoms with Gasteiger partial charge in [0.05, 0.1) is 7.57 Å². The fraction of sp³-hybridized carbons (Fsp3) is 0.0909. The van der Waals surface area contributed by atoms with Crippen molar-refractivity contribution in [2.24, 2.45) is 0 Å². The summed E-state index contributed by atoms with van der Waals surface area (Å²) in [6.45, 7) is 1.89. The zero-order chi connectivity index (χ0) is 11.7. The number of ketones is 1. The van der Waals surface area contributed by atoms with E-state index in [4.69, 9.17) is 0 Å². The van der Waals surface area contributed by atoms with Crippen LogP contribution in [0.4, 0.5) is 0 Å². The predicted octanol–water partition coefficient (Wildman–Crippen LogP) is 4.21. The highest BCUT2D eigenvalue weighted by Gasteiger charge is 2.15. The van der Waals surface area contributed by atoms with Crippen LogP contribution < -0.4 is 0 Å². The van der Waals surface area contributed by atoms with Gasteiger partial charge in [-0.15, -0.1) is 11.3 Å². The monoisotopic (exact) mass is 359 g/mol. The van der Waals surface area contributed by atoms with Crippen molar-refractivity contribution in [2.45, 2.75) is 6.92 Å². The smallest absolute Gasteiger partial charge is 0.196 e. The fourth-order valence-corrected chi connectivity index (χ4v) is 4.05. The molecule has 0 aromatic carbocycles. The van der Waals surface area contributed by atoms with Crippen LogP contribution in [0.25, 0.3) is 0 Å². The molecule has 0 N–H and O–H groups in total. The fourth-order valence-electron chi connectivity index (χ4n) is 1.25. The second kappa shape index (κ2) is 4.77. The number of halogens is 2. The van der Waals surface area contributed by atoms with Crippen LogP contribution in [-0.2, 0) is 0 Å². The van der Waals surface area contributed by atoms with E-state index in [-0.39, 0.29) is 5.78 Å². The van der Waals surface area contributed by atoms with Gasteiger partial charge in [0.15, 0.2) is 5.78 Å². The number of hydrogen-bond acceptors (Lipinski definition) is 3. The molecule has 5 heteroatoms. The molecule has 2 nitrogen and oxygen atoms in total. The van der Waals surface area contributed by atoms with Gasteiger partial charge in [0.1, 0.15) is 0 Å². The molecule has 2 rings (SSSR count). The number of aromatic nitrogens is 1. The van der Waals surface area contributed by atoms with Crippen molar-refractivity contribution in [2.75, 3.05) is 0 Å². The maximum absolute atomic E-state index is 12.1. The van der Waals surface area contributed by atoms with Gasteiger partial charge >= 0.3 is 0 Å². The van der Waals surface area contributed by atoms with E-state index in [0.717, 1.165) is 13.3 Å². The van der Waals surface area contributed by atoms with Crippen LogP contribution in [0.1, 0.15) is 21.6 Å². The Morgan fingerprint density at radius 1 is 1.38 bits per heavy atom. The summed E-state index contributed by atoms with van der Waals surface area (Å²) in [4.78, 5) is 16.2. The molecule has 2 heterocycles. The van der Waals surface area contributed by atoms with Crippen LogP contribution >= 0.6 is 43.2 Å². The standard InChI is InChI=1S/C11H7Br2NOS/c1-6-2-3-7(5-14-6)10(15)8-4-9(12)16-11(8)13/h2-5H,1H3. The molecule has 0 aliphatic heterocycles. The van der Waals surface area contributed by atoms with Crippen molar-refractivity contribution < 1.29 is 4.79 Å². The highest BCUT2D eigenvalue weighted by atomic mass is 79.9. The molecule has 16 heavy (non-hydrogen) atoms. The van der Waals surface area contributed by atoms with Gasteiger partial charge in [0, 0.05) is 23.0 Å². The molecule has 0 bridgehead atoms. The quantitative estimate of drug-likeness (QED) is 0.751. The number of aryl methyl sites for hydroxylation is 1. The summed E-state index contributed by atoms with van der Waals surface area (Å²) in [5, 5.41) is 0. The summed E-state index contributed by atoms with van der Waals surface area (Å²) in [6, 6.07) is 5.45. The molecular formula is C11H7Br2NOS. The second-order valence-corrected chi connectivity index (χ2v) is 7.00. The van der Waals surface area contributed by atoms with Crippen molar-refractivity contribution in [3.63, 3.8) is 0 Å². The topological polar surface area (TPSA) is 30.0 Å². The minimum atomic E-state index is -0.0127. The average molecular weight is 361 g/mol. The SMILES string of the molecule is Cc1ccc(C(=O)c2cc(Br)sc2Br)cn1. The Balaban J connectivity index is 2.39. The molecule has 0 saturated heterocycles. The van der Waals surface area contributed by atoms with Crippen LogP contribution in [0, 0.1) is 6.92 Å². The van der Waals surface area contributed by atoms with Gasteiger partial charge in [-0.25, -0.2) is 0 Å². The molecule has 2 aromatic heterocycles. The predicted molar refractivity (Wildman–Crippen MR) is 72.1 cm³/mol. The zero-order valence-electron chi connectivity index (χ0n) is 8.33. The van der Waals surface area contributed by atoms with Crippen molar-refractivity contribution in [1.82, 2.24) is 4.98 Å². The van der Waals surface area contributed by atoms with Crippen molar-refractivity contribution in [3.8, 4) is 0 Å². The summed E-state index contributed by atoms with van der Waals surface area (Å²) >= 11 is 8.22. The number of carbonyl (C=O) groups is 1. The Labute approximate surface area is 114 Å². The molecule has 0 amide bonds. The summed E-state index contributed by atoms with van der Waals surface area (Å²) in [5.74, 6) is -0.0127. The van der Waals surface area contributed by atoms with E-state index in [9.17, 15) is 4.79 Å². The molecule has 2 aromatic rings. The van der Waals surface area contributed by atoms with E-state index in [2.05, 4.69) is 36.8 Å². The van der Waals surface area contributed by atoms with Gasteiger partial charge in [0.25, 0.3) is 0 Å². The molecule has 0 atom stereocenters. The van der Waals surface area contributed by atoms with E-state index in [1.54, 1.807) is 12.3 Å². The highest BCUT2D eigenvalue weighted by molar-refractivity contribution is 9.12. The summed E-state index contributed by atoms with van der Waals surface area (Å²) in [7, 11) is 0. The Hall–Kier alpha value is -0.520. The van der Waals surface area contributed by atoms with Crippen molar-refractivity contribution in [1.29, 1.82) is 0 Å². The lowest BCUT2D eigenvalue weighted by Crippen LogP contribution is -2.01. The first kappa shape index (κ1) is 12.0. The Morgan fingerprint density at radius 3 is 2.62 bits per heavy atom. The van der Waals surface area contributed by atoms with E-state index in [1.165, 1.54) is 11.3 Å². The summed E-state index contributed by atoms with van der Waals surface area (Å²) < 4.78 is 1.77.